The zero-order valence-electron chi connectivity index (χ0n) is 10.5. The summed E-state index contributed by atoms with van der Waals surface area (Å²) in [5, 5.41) is 14.7. The van der Waals surface area contributed by atoms with Crippen molar-refractivity contribution in [1.29, 1.82) is 0 Å². The molecular formula is C11H9ClN4O4. The van der Waals surface area contributed by atoms with Crippen LogP contribution in [0.25, 0.3) is 5.69 Å². The van der Waals surface area contributed by atoms with Crippen molar-refractivity contribution in [2.45, 2.75) is 6.92 Å². The van der Waals surface area contributed by atoms with Gasteiger partial charge in [0.1, 0.15) is 11.3 Å². The van der Waals surface area contributed by atoms with E-state index < -0.39 is 10.9 Å². The first kappa shape index (κ1) is 13.9. The lowest BCUT2D eigenvalue weighted by Crippen LogP contribution is -2.06. The molecule has 2 rings (SSSR count). The molecule has 20 heavy (non-hydrogen) atoms. The number of nitro benzene ring substituents is 1. The third-order valence-corrected chi connectivity index (χ3v) is 2.87. The van der Waals surface area contributed by atoms with Gasteiger partial charge in [0.15, 0.2) is 0 Å². The van der Waals surface area contributed by atoms with Gasteiger partial charge in [0.25, 0.3) is 11.5 Å². The zero-order chi connectivity index (χ0) is 14.9. The van der Waals surface area contributed by atoms with Crippen molar-refractivity contribution < 1.29 is 14.5 Å². The van der Waals surface area contributed by atoms with E-state index >= 15 is 0 Å². The van der Waals surface area contributed by atoms with Gasteiger partial charge >= 0.3 is 5.97 Å². The minimum Gasteiger partial charge on any atom is -0.463 e. The topological polar surface area (TPSA) is 100 Å². The SMILES string of the molecule is COC(=O)c1ncn(-c2cc(Cl)c([N+](=O)[O-])cc2C)n1. The normalized spacial score (nSPS) is 10.3. The molecule has 0 aliphatic carbocycles. The van der Waals surface area contributed by atoms with Crippen LogP contribution in [-0.4, -0.2) is 32.8 Å². The van der Waals surface area contributed by atoms with E-state index in [0.29, 0.717) is 11.3 Å². The molecule has 1 aromatic carbocycles. The number of hydrogen-bond donors (Lipinski definition) is 0. The number of nitrogens with zero attached hydrogens (tertiary/aromatic N) is 4. The van der Waals surface area contributed by atoms with Crippen LogP contribution in [0.15, 0.2) is 18.5 Å². The molecule has 0 atom stereocenters. The summed E-state index contributed by atoms with van der Waals surface area (Å²) >= 11 is 5.85. The highest BCUT2D eigenvalue weighted by atomic mass is 35.5. The van der Waals surface area contributed by atoms with Crippen LogP contribution in [-0.2, 0) is 4.74 Å². The summed E-state index contributed by atoms with van der Waals surface area (Å²) in [6.45, 7) is 1.66. The van der Waals surface area contributed by atoms with Crippen molar-refractivity contribution in [2.75, 3.05) is 7.11 Å². The molecule has 0 N–H and O–H groups in total. The van der Waals surface area contributed by atoms with Gasteiger partial charge in [-0.25, -0.2) is 14.5 Å². The molecule has 0 spiro atoms. The first-order chi connectivity index (χ1) is 9.43. The summed E-state index contributed by atoms with van der Waals surface area (Å²) in [6, 6.07) is 2.72. The lowest BCUT2D eigenvalue weighted by molar-refractivity contribution is -0.384. The Morgan fingerprint density at radius 2 is 2.20 bits per heavy atom. The Kier molecular flexibility index (Phi) is 3.66. The summed E-state index contributed by atoms with van der Waals surface area (Å²) in [6.07, 6.45) is 1.30. The Hall–Kier alpha value is -2.48. The molecule has 0 unspecified atom stereocenters. The van der Waals surface area contributed by atoms with Gasteiger partial charge in [-0.05, 0) is 18.6 Å². The summed E-state index contributed by atoms with van der Waals surface area (Å²) < 4.78 is 5.80. The molecule has 1 heterocycles. The third kappa shape index (κ3) is 2.45. The lowest BCUT2D eigenvalue weighted by atomic mass is 10.2. The molecule has 2 aromatic rings. The maximum Gasteiger partial charge on any atom is 0.377 e. The number of halogens is 1. The van der Waals surface area contributed by atoms with Gasteiger partial charge in [0.2, 0.25) is 0 Å². The molecule has 0 aliphatic heterocycles. The molecule has 0 saturated carbocycles. The molecule has 9 heteroatoms. The van der Waals surface area contributed by atoms with Crippen LogP contribution in [0, 0.1) is 17.0 Å². The molecular weight excluding hydrogens is 288 g/mol. The molecule has 104 valence electrons. The van der Waals surface area contributed by atoms with Gasteiger partial charge in [-0.1, -0.05) is 11.6 Å². The summed E-state index contributed by atoms with van der Waals surface area (Å²) in [5.74, 6) is -0.782. The van der Waals surface area contributed by atoms with Crippen LogP contribution in [0.4, 0.5) is 5.69 Å². The number of ether oxygens (including phenoxy) is 1. The third-order valence-electron chi connectivity index (χ3n) is 2.57. The van der Waals surface area contributed by atoms with Crippen molar-refractivity contribution in [2.24, 2.45) is 0 Å². The predicted octanol–water partition coefficient (Wildman–Crippen LogP) is 1.92. The van der Waals surface area contributed by atoms with Crippen LogP contribution in [0.1, 0.15) is 16.2 Å². The van der Waals surface area contributed by atoms with Gasteiger partial charge in [-0.2, -0.15) is 0 Å². The fraction of sp³-hybridized carbons (Fsp3) is 0.182. The number of aromatic nitrogens is 3. The van der Waals surface area contributed by atoms with E-state index in [1.54, 1.807) is 6.92 Å². The molecule has 0 radical (unpaired) electrons. The minimum absolute atomic E-state index is 0.0225. The highest BCUT2D eigenvalue weighted by Crippen LogP contribution is 2.29. The number of rotatable bonds is 3. The van der Waals surface area contributed by atoms with Crippen LogP contribution in [0.2, 0.25) is 5.02 Å². The van der Waals surface area contributed by atoms with Crippen LogP contribution in [0.5, 0.6) is 0 Å². The highest BCUT2D eigenvalue weighted by molar-refractivity contribution is 6.32. The first-order valence-electron chi connectivity index (χ1n) is 5.39. The monoisotopic (exact) mass is 296 g/mol. The molecule has 0 amide bonds. The molecule has 0 fully saturated rings. The number of aryl methyl sites for hydroxylation is 1. The standard InChI is InChI=1S/C11H9ClN4O4/c1-6-3-9(16(18)19)7(12)4-8(6)15-5-13-10(14-15)11(17)20-2/h3-5H,1-2H3. The van der Waals surface area contributed by atoms with E-state index in [2.05, 4.69) is 14.8 Å². The smallest absolute Gasteiger partial charge is 0.377 e. The van der Waals surface area contributed by atoms with Gasteiger partial charge in [0.05, 0.1) is 17.7 Å². The van der Waals surface area contributed by atoms with E-state index in [-0.39, 0.29) is 16.5 Å². The van der Waals surface area contributed by atoms with E-state index in [0.717, 1.165) is 0 Å². The number of benzene rings is 1. The Bertz CT molecular complexity index is 698. The Balaban J connectivity index is 2.48. The van der Waals surface area contributed by atoms with Crippen LogP contribution < -0.4 is 0 Å². The average Bonchev–Trinajstić information content (AvgIpc) is 2.89. The second kappa shape index (κ2) is 5.25. The second-order valence-corrected chi connectivity index (χ2v) is 4.26. The Labute approximate surface area is 118 Å². The number of esters is 1. The maximum absolute atomic E-state index is 11.3. The van der Waals surface area contributed by atoms with Crippen molar-refractivity contribution in [1.82, 2.24) is 14.8 Å². The average molecular weight is 297 g/mol. The molecule has 8 nitrogen and oxygen atoms in total. The van der Waals surface area contributed by atoms with Crippen molar-refractivity contribution in [3.63, 3.8) is 0 Å². The van der Waals surface area contributed by atoms with Crippen LogP contribution >= 0.6 is 11.6 Å². The fourth-order valence-corrected chi connectivity index (χ4v) is 1.83. The van der Waals surface area contributed by atoms with E-state index in [1.807, 2.05) is 0 Å². The highest BCUT2D eigenvalue weighted by Gasteiger charge is 2.18. The summed E-state index contributed by atoms with van der Waals surface area (Å²) in [5.41, 5.74) is 0.867. The zero-order valence-corrected chi connectivity index (χ0v) is 11.3. The van der Waals surface area contributed by atoms with Gasteiger partial charge in [0, 0.05) is 6.07 Å². The quantitative estimate of drug-likeness (QED) is 0.487. The van der Waals surface area contributed by atoms with Crippen LogP contribution in [0.3, 0.4) is 0 Å². The number of methoxy groups -OCH3 is 1. The van der Waals surface area contributed by atoms with E-state index in [9.17, 15) is 14.9 Å². The molecule has 0 bridgehead atoms. The predicted molar refractivity (Wildman–Crippen MR) is 69.1 cm³/mol. The Morgan fingerprint density at radius 1 is 1.50 bits per heavy atom. The van der Waals surface area contributed by atoms with Gasteiger partial charge < -0.3 is 4.74 Å². The lowest BCUT2D eigenvalue weighted by Gasteiger charge is -2.06. The van der Waals surface area contributed by atoms with E-state index in [4.69, 9.17) is 11.6 Å². The number of carbonyl (C=O) groups excluding carboxylic acids is 1. The number of hydrogen-bond acceptors (Lipinski definition) is 6. The molecule has 1 aromatic heterocycles. The number of nitro groups is 1. The van der Waals surface area contributed by atoms with Gasteiger partial charge in [-0.15, -0.1) is 5.10 Å². The van der Waals surface area contributed by atoms with Crippen molar-refractivity contribution in [3.8, 4) is 5.69 Å². The number of carbonyl (C=O) groups is 1. The fourth-order valence-electron chi connectivity index (χ4n) is 1.61. The Morgan fingerprint density at radius 3 is 2.80 bits per heavy atom. The summed E-state index contributed by atoms with van der Waals surface area (Å²) in [4.78, 5) is 25.3. The maximum atomic E-state index is 11.3. The molecule has 0 aliphatic rings. The summed E-state index contributed by atoms with van der Waals surface area (Å²) in [7, 11) is 1.22. The minimum atomic E-state index is -0.672. The van der Waals surface area contributed by atoms with E-state index in [1.165, 1.54) is 30.3 Å². The van der Waals surface area contributed by atoms with Crippen molar-refractivity contribution in [3.05, 3.63) is 45.0 Å². The first-order valence-corrected chi connectivity index (χ1v) is 5.76. The van der Waals surface area contributed by atoms with Gasteiger partial charge in [-0.3, -0.25) is 10.1 Å². The second-order valence-electron chi connectivity index (χ2n) is 3.85. The molecule has 0 saturated heterocycles. The van der Waals surface area contributed by atoms with Crippen molar-refractivity contribution >= 4 is 23.3 Å². The largest absolute Gasteiger partial charge is 0.463 e.